The first kappa shape index (κ1) is 13.2. The molecule has 0 saturated carbocycles. The molecule has 4 heteroatoms. The number of aromatic nitrogens is 1. The van der Waals surface area contributed by atoms with E-state index in [-0.39, 0.29) is 0 Å². The molecule has 0 bridgehead atoms. The lowest BCUT2D eigenvalue weighted by Crippen LogP contribution is -2.05. The summed E-state index contributed by atoms with van der Waals surface area (Å²) in [7, 11) is 0. The lowest BCUT2D eigenvalue weighted by atomic mass is 10.2. The number of fused-ring (bicyclic) bond motifs is 1. The van der Waals surface area contributed by atoms with Crippen molar-refractivity contribution in [2.45, 2.75) is 13.0 Å². The smallest absolute Gasteiger partial charge is 0.167 e. The highest BCUT2D eigenvalue weighted by Crippen LogP contribution is 2.22. The molecule has 0 N–H and O–H groups in total. The Kier molecular flexibility index (Phi) is 4.04. The Morgan fingerprint density at radius 3 is 2.60 bits per heavy atom. The number of rotatable bonds is 4. The van der Waals surface area contributed by atoms with Crippen LogP contribution in [0.25, 0.3) is 10.2 Å². The normalized spacial score (nSPS) is 10.6. The van der Waals surface area contributed by atoms with Crippen molar-refractivity contribution < 1.29 is 4.74 Å². The molecule has 2 aromatic carbocycles. The van der Waals surface area contributed by atoms with Gasteiger partial charge in [-0.15, -0.1) is 11.3 Å². The highest BCUT2D eigenvalue weighted by Gasteiger charge is 2.07. The summed E-state index contributed by atoms with van der Waals surface area (Å²) in [6.45, 7) is 0.518. The lowest BCUT2D eigenvalue weighted by molar-refractivity contribution is 0.295. The number of thiazole rings is 1. The van der Waals surface area contributed by atoms with Crippen molar-refractivity contribution in [3.05, 3.63) is 65.2 Å². The van der Waals surface area contributed by atoms with Gasteiger partial charge >= 0.3 is 0 Å². The van der Waals surface area contributed by atoms with Gasteiger partial charge in [-0.1, -0.05) is 42.5 Å². The molecule has 1 aromatic heterocycles. The van der Waals surface area contributed by atoms with Crippen molar-refractivity contribution in [3.63, 3.8) is 0 Å². The lowest BCUT2D eigenvalue weighted by Gasteiger charge is -2.05. The Bertz CT molecular complexity index is 688. The summed E-state index contributed by atoms with van der Waals surface area (Å²) in [5.41, 5.74) is 2.15. The molecule has 20 heavy (non-hydrogen) atoms. The molecular formula is C16H13NOS2. The van der Waals surface area contributed by atoms with Crippen molar-refractivity contribution in [1.29, 1.82) is 0 Å². The fourth-order valence-corrected chi connectivity index (χ4v) is 3.16. The number of benzene rings is 2. The minimum atomic E-state index is 0.518. The topological polar surface area (TPSA) is 22.1 Å². The molecule has 0 aliphatic rings. The van der Waals surface area contributed by atoms with Crippen molar-refractivity contribution in [2.24, 2.45) is 0 Å². The number of thiocarbonyl (C=S) groups is 1. The van der Waals surface area contributed by atoms with Gasteiger partial charge in [0.1, 0.15) is 11.6 Å². The molecule has 1 heterocycles. The standard InChI is InChI=1S/C16H13NOS2/c19-16(18-11-12-6-2-1-3-7-12)10-15-17-13-8-4-5-9-14(13)20-15/h1-9H,10-11H2. The SMILES string of the molecule is S=C(Cc1nc2ccccc2s1)OCc1ccccc1. The molecule has 0 aliphatic carbocycles. The number of ether oxygens (including phenoxy) is 1. The van der Waals surface area contributed by atoms with Gasteiger partial charge in [0.05, 0.1) is 16.6 Å². The van der Waals surface area contributed by atoms with Crippen molar-refractivity contribution in [3.8, 4) is 0 Å². The fraction of sp³-hybridized carbons (Fsp3) is 0.125. The maximum Gasteiger partial charge on any atom is 0.167 e. The van der Waals surface area contributed by atoms with Crippen LogP contribution < -0.4 is 0 Å². The highest BCUT2D eigenvalue weighted by atomic mass is 32.1. The van der Waals surface area contributed by atoms with E-state index in [0.717, 1.165) is 16.1 Å². The van der Waals surface area contributed by atoms with Crippen LogP contribution in [0.15, 0.2) is 54.6 Å². The van der Waals surface area contributed by atoms with E-state index in [2.05, 4.69) is 11.1 Å². The highest BCUT2D eigenvalue weighted by molar-refractivity contribution is 7.80. The quantitative estimate of drug-likeness (QED) is 0.667. The first-order valence-corrected chi connectivity index (χ1v) is 7.58. The summed E-state index contributed by atoms with van der Waals surface area (Å²) in [6, 6.07) is 18.1. The van der Waals surface area contributed by atoms with Gasteiger partial charge in [-0.3, -0.25) is 0 Å². The van der Waals surface area contributed by atoms with Crippen LogP contribution in [0, 0.1) is 0 Å². The van der Waals surface area contributed by atoms with Crippen LogP contribution in [-0.4, -0.2) is 10.0 Å². The van der Waals surface area contributed by atoms with Crippen LogP contribution in [0.4, 0.5) is 0 Å². The fourth-order valence-electron chi connectivity index (χ4n) is 1.91. The van der Waals surface area contributed by atoms with E-state index in [1.165, 1.54) is 4.70 Å². The molecule has 2 nitrogen and oxygen atoms in total. The van der Waals surface area contributed by atoms with E-state index in [4.69, 9.17) is 17.0 Å². The third-order valence-electron chi connectivity index (χ3n) is 2.88. The minimum Gasteiger partial charge on any atom is -0.482 e. The van der Waals surface area contributed by atoms with E-state index in [1.807, 2.05) is 48.5 Å². The van der Waals surface area contributed by atoms with E-state index >= 15 is 0 Å². The minimum absolute atomic E-state index is 0.518. The van der Waals surface area contributed by atoms with E-state index in [9.17, 15) is 0 Å². The first-order chi connectivity index (χ1) is 9.81. The predicted molar refractivity (Wildman–Crippen MR) is 87.2 cm³/mol. The molecule has 0 atom stereocenters. The molecule has 0 aliphatic heterocycles. The Hall–Kier alpha value is -1.78. The number of para-hydroxylation sites is 1. The molecule has 0 unspecified atom stereocenters. The average Bonchev–Trinajstić information content (AvgIpc) is 2.88. The second kappa shape index (κ2) is 6.11. The number of hydrogen-bond acceptors (Lipinski definition) is 4. The van der Waals surface area contributed by atoms with Gasteiger partial charge in [-0.05, 0) is 29.9 Å². The third-order valence-corrected chi connectivity index (χ3v) is 4.17. The number of nitrogens with zero attached hydrogens (tertiary/aromatic N) is 1. The summed E-state index contributed by atoms with van der Waals surface area (Å²) in [5.74, 6) is 0. The van der Waals surface area contributed by atoms with Crippen LogP contribution in [0.5, 0.6) is 0 Å². The molecule has 3 aromatic rings. The monoisotopic (exact) mass is 299 g/mol. The van der Waals surface area contributed by atoms with Gasteiger partial charge in [0.2, 0.25) is 0 Å². The van der Waals surface area contributed by atoms with Crippen LogP contribution in [0.1, 0.15) is 10.6 Å². The zero-order valence-electron chi connectivity index (χ0n) is 10.8. The Balaban J connectivity index is 1.61. The summed E-state index contributed by atoms with van der Waals surface area (Å²) >= 11 is 6.95. The second-order valence-corrected chi connectivity index (χ2v) is 5.97. The largest absolute Gasteiger partial charge is 0.482 e. The molecule has 100 valence electrons. The van der Waals surface area contributed by atoms with Crippen LogP contribution >= 0.6 is 23.6 Å². The van der Waals surface area contributed by atoms with Gasteiger partial charge in [0.15, 0.2) is 5.05 Å². The summed E-state index contributed by atoms with van der Waals surface area (Å²) in [4.78, 5) is 4.56. The predicted octanol–water partition coefficient (Wildman–Crippen LogP) is 4.38. The summed E-state index contributed by atoms with van der Waals surface area (Å²) < 4.78 is 6.81. The van der Waals surface area contributed by atoms with E-state index in [0.29, 0.717) is 18.1 Å². The molecular weight excluding hydrogens is 286 g/mol. The molecule has 0 spiro atoms. The zero-order chi connectivity index (χ0) is 13.8. The van der Waals surface area contributed by atoms with Crippen molar-refractivity contribution in [1.82, 2.24) is 4.98 Å². The third kappa shape index (κ3) is 3.21. The summed E-state index contributed by atoms with van der Waals surface area (Å²) in [5, 5.41) is 1.59. The Morgan fingerprint density at radius 1 is 1.05 bits per heavy atom. The summed E-state index contributed by atoms with van der Waals surface area (Å²) in [6.07, 6.45) is 0.599. The van der Waals surface area contributed by atoms with Gasteiger partial charge in [-0.25, -0.2) is 4.98 Å². The molecule has 0 saturated heterocycles. The Morgan fingerprint density at radius 2 is 1.80 bits per heavy atom. The maximum atomic E-state index is 5.63. The first-order valence-electron chi connectivity index (χ1n) is 6.35. The maximum absolute atomic E-state index is 5.63. The van der Waals surface area contributed by atoms with Crippen LogP contribution in [0.3, 0.4) is 0 Å². The molecule has 3 rings (SSSR count). The zero-order valence-corrected chi connectivity index (χ0v) is 12.4. The molecule has 0 radical (unpaired) electrons. The van der Waals surface area contributed by atoms with Gasteiger partial charge in [0, 0.05) is 0 Å². The van der Waals surface area contributed by atoms with Crippen molar-refractivity contribution >= 4 is 38.8 Å². The van der Waals surface area contributed by atoms with Crippen LogP contribution in [-0.2, 0) is 17.8 Å². The van der Waals surface area contributed by atoms with Gasteiger partial charge in [-0.2, -0.15) is 0 Å². The molecule has 0 amide bonds. The number of hydrogen-bond donors (Lipinski definition) is 0. The Labute approximate surface area is 127 Å². The average molecular weight is 299 g/mol. The van der Waals surface area contributed by atoms with Gasteiger partial charge < -0.3 is 4.74 Å². The van der Waals surface area contributed by atoms with Crippen molar-refractivity contribution in [2.75, 3.05) is 0 Å². The molecule has 0 fully saturated rings. The van der Waals surface area contributed by atoms with Gasteiger partial charge in [0.25, 0.3) is 0 Å². The van der Waals surface area contributed by atoms with E-state index in [1.54, 1.807) is 11.3 Å². The van der Waals surface area contributed by atoms with E-state index < -0.39 is 0 Å². The second-order valence-electron chi connectivity index (χ2n) is 4.40. The van der Waals surface area contributed by atoms with Crippen LogP contribution in [0.2, 0.25) is 0 Å².